The van der Waals surface area contributed by atoms with Crippen LogP contribution in [-0.4, -0.2) is 93.1 Å². The summed E-state index contributed by atoms with van der Waals surface area (Å²) in [6.07, 6.45) is 4.27. The molecule has 5 N–H and O–H groups in total. The molecule has 9 unspecified atom stereocenters. The molecule has 0 radical (unpaired) electrons. The van der Waals surface area contributed by atoms with E-state index >= 15 is 0 Å². The number of H-pyrrole nitrogens is 2. The zero-order chi connectivity index (χ0) is 47.4. The number of benzene rings is 3. The van der Waals surface area contributed by atoms with E-state index in [1.54, 1.807) is 0 Å². The van der Waals surface area contributed by atoms with Crippen LogP contribution in [0.5, 0.6) is 0 Å². The molecule has 0 saturated carbocycles. The lowest BCUT2D eigenvalue weighted by Crippen LogP contribution is -2.51. The van der Waals surface area contributed by atoms with Crippen molar-refractivity contribution in [2.24, 2.45) is 29.6 Å². The topological polar surface area (TPSA) is 187 Å². The fourth-order valence-corrected chi connectivity index (χ4v) is 11.3. The lowest BCUT2D eigenvalue weighted by molar-refractivity contribution is -0.136. The average molecular weight is 912 g/mol. The molecule has 5 aromatic rings. The number of carbonyl (C=O) groups is 4. The van der Waals surface area contributed by atoms with E-state index in [1.807, 2.05) is 43.7 Å². The normalized spacial score (nSPS) is 24.3. The lowest BCUT2D eigenvalue weighted by Gasteiger charge is -2.30. The number of nitrogens with zero attached hydrogens (tertiary/aromatic N) is 4. The van der Waals surface area contributed by atoms with Gasteiger partial charge in [0.2, 0.25) is 11.8 Å². The molecule has 0 aliphatic carbocycles. The number of imidazole rings is 2. The second-order valence-electron chi connectivity index (χ2n) is 20.4. The highest BCUT2D eigenvalue weighted by Crippen LogP contribution is 2.52. The summed E-state index contributed by atoms with van der Waals surface area (Å²) < 4.78 is 9.67. The Hall–Kier alpha value is -6.22. The molecule has 3 fully saturated rings. The standard InChI is InChI=1S/C52H65N9O6/c1-26(2)45(58-51(64)66-8)49(62)60-24-29(6)20-41(60)47-53-23-40(57-47)32-12-10-31(11-13-32)34-15-16-35(44-39-19-28(5)18-38(54-39)43(34)44)33-14-17-36-37(22-33)56-48(55-36)42-21-30(7)25-61(42)50(63)46(27(3)4)59-52(65)67-9/h10-17,22-23,26-30,38-39,41-42,45-46,54H,18-21,24-25H2,1-9H3,(H,53,57)(H,55,56)(H,58,64)(H,59,65). The third kappa shape index (κ3) is 8.78. The quantitative estimate of drug-likeness (QED) is 0.0863. The lowest BCUT2D eigenvalue weighted by atomic mass is 9.86. The van der Waals surface area contributed by atoms with Crippen LogP contribution in [0.1, 0.15) is 121 Å². The zero-order valence-electron chi connectivity index (χ0n) is 40.1. The Bertz CT molecular complexity index is 2670. The van der Waals surface area contributed by atoms with Crippen molar-refractivity contribution in [2.75, 3.05) is 27.3 Å². The summed E-state index contributed by atoms with van der Waals surface area (Å²) in [7, 11) is 2.61. The minimum absolute atomic E-state index is 0.118. The summed E-state index contributed by atoms with van der Waals surface area (Å²) in [5.41, 5.74) is 11.1. The van der Waals surface area contributed by atoms with Crippen LogP contribution in [0.2, 0.25) is 0 Å². The SMILES string of the molecule is COC(=O)NC(C(=O)N1CC(C)CC1c1ncc(-c2ccc(-c3ccc(-c4ccc5nc(C6CC(C)CN6C(=O)C(NC(=O)OC)C(C)C)[nH]c5c4)c4c3C3CC(C)CC4N3)cc2)[nH]1)C(C)C. The van der Waals surface area contributed by atoms with Gasteiger partial charge in [-0.15, -0.1) is 0 Å². The molecular weight excluding hydrogens is 847 g/mol. The van der Waals surface area contributed by atoms with Crippen LogP contribution < -0.4 is 16.0 Å². The number of fused-ring (bicyclic) bond motifs is 6. The Morgan fingerprint density at radius 3 is 1.69 bits per heavy atom. The van der Waals surface area contributed by atoms with Gasteiger partial charge in [-0.2, -0.15) is 0 Å². The Morgan fingerprint density at radius 2 is 1.15 bits per heavy atom. The minimum Gasteiger partial charge on any atom is -0.453 e. The molecule has 4 aliphatic rings. The smallest absolute Gasteiger partial charge is 0.407 e. The second-order valence-corrected chi connectivity index (χ2v) is 20.4. The number of aromatic nitrogens is 4. The van der Waals surface area contributed by atoms with Gasteiger partial charge in [-0.25, -0.2) is 19.6 Å². The van der Waals surface area contributed by atoms with E-state index in [0.717, 1.165) is 70.7 Å². The van der Waals surface area contributed by atoms with E-state index in [4.69, 9.17) is 19.4 Å². The number of alkyl carbamates (subject to hydrolysis) is 2. The van der Waals surface area contributed by atoms with Gasteiger partial charge in [-0.05, 0) is 106 Å². The molecule has 3 aromatic carbocycles. The molecule has 4 amide bonds. The van der Waals surface area contributed by atoms with Gasteiger partial charge < -0.3 is 45.2 Å². The van der Waals surface area contributed by atoms with Gasteiger partial charge in [0.05, 0.1) is 49.2 Å². The summed E-state index contributed by atoms with van der Waals surface area (Å²) in [5, 5.41) is 9.48. The number of methoxy groups -OCH3 is 2. The Morgan fingerprint density at radius 1 is 0.642 bits per heavy atom. The van der Waals surface area contributed by atoms with E-state index in [1.165, 1.54) is 36.5 Å². The van der Waals surface area contributed by atoms with E-state index < -0.39 is 24.3 Å². The summed E-state index contributed by atoms with van der Waals surface area (Å²) >= 11 is 0. The largest absolute Gasteiger partial charge is 0.453 e. The molecular formula is C52H65N9O6. The Balaban J connectivity index is 0.983. The number of likely N-dealkylation sites (tertiary alicyclic amines) is 2. The number of hydrogen-bond donors (Lipinski definition) is 5. The molecule has 2 aromatic heterocycles. The third-order valence-electron chi connectivity index (χ3n) is 14.6. The van der Waals surface area contributed by atoms with Gasteiger partial charge in [-0.1, -0.05) is 90.9 Å². The first-order valence-electron chi connectivity index (χ1n) is 24.0. The highest BCUT2D eigenvalue weighted by atomic mass is 16.5. The Labute approximate surface area is 392 Å². The highest BCUT2D eigenvalue weighted by Gasteiger charge is 2.43. The number of carbonyl (C=O) groups excluding carboxylic acids is 4. The number of aromatic amines is 2. The van der Waals surface area contributed by atoms with Crippen LogP contribution in [0.4, 0.5) is 9.59 Å². The van der Waals surface area contributed by atoms with Crippen LogP contribution in [0.15, 0.2) is 60.8 Å². The van der Waals surface area contributed by atoms with Crippen molar-refractivity contribution in [3.8, 4) is 33.5 Å². The number of ether oxygens (including phenoxy) is 2. The van der Waals surface area contributed by atoms with Crippen LogP contribution in [0, 0.1) is 29.6 Å². The van der Waals surface area contributed by atoms with Crippen molar-refractivity contribution in [3.63, 3.8) is 0 Å². The van der Waals surface area contributed by atoms with Crippen molar-refractivity contribution in [3.05, 3.63) is 83.6 Å². The Kier molecular flexibility index (Phi) is 12.6. The molecule has 4 aliphatic heterocycles. The number of amides is 4. The second kappa shape index (κ2) is 18.5. The summed E-state index contributed by atoms with van der Waals surface area (Å²) in [5.74, 6) is 2.10. The fourth-order valence-electron chi connectivity index (χ4n) is 11.3. The van der Waals surface area contributed by atoms with Gasteiger partial charge in [0.1, 0.15) is 23.7 Å². The van der Waals surface area contributed by atoms with Gasteiger partial charge in [0.25, 0.3) is 0 Å². The summed E-state index contributed by atoms with van der Waals surface area (Å²) in [6, 6.07) is 18.2. The summed E-state index contributed by atoms with van der Waals surface area (Å²) in [6.45, 7) is 15.5. The van der Waals surface area contributed by atoms with Crippen molar-refractivity contribution in [1.82, 2.24) is 45.7 Å². The molecule has 3 saturated heterocycles. The molecule has 2 bridgehead atoms. The van der Waals surface area contributed by atoms with Gasteiger partial charge >= 0.3 is 12.2 Å². The van der Waals surface area contributed by atoms with E-state index in [2.05, 4.69) is 101 Å². The number of nitrogens with one attached hydrogen (secondary N) is 5. The maximum Gasteiger partial charge on any atom is 0.407 e. The van der Waals surface area contributed by atoms with Crippen molar-refractivity contribution in [1.29, 1.82) is 0 Å². The first-order chi connectivity index (χ1) is 32.1. The monoisotopic (exact) mass is 912 g/mol. The van der Waals surface area contributed by atoms with E-state index in [9.17, 15) is 19.2 Å². The van der Waals surface area contributed by atoms with Gasteiger partial charge in [0.15, 0.2) is 0 Å². The first-order valence-corrected chi connectivity index (χ1v) is 24.0. The molecule has 354 valence electrons. The van der Waals surface area contributed by atoms with E-state index in [0.29, 0.717) is 19.0 Å². The number of rotatable bonds is 11. The minimum atomic E-state index is -0.708. The van der Waals surface area contributed by atoms with Gasteiger partial charge in [-0.3, -0.25) is 9.59 Å². The molecule has 15 heteroatoms. The molecule has 0 spiro atoms. The zero-order valence-corrected chi connectivity index (χ0v) is 40.1. The predicted molar refractivity (Wildman–Crippen MR) is 256 cm³/mol. The summed E-state index contributed by atoms with van der Waals surface area (Å²) in [4.78, 5) is 72.9. The maximum atomic E-state index is 14.0. The van der Waals surface area contributed by atoms with Crippen LogP contribution >= 0.6 is 0 Å². The first kappa shape index (κ1) is 45.9. The highest BCUT2D eigenvalue weighted by molar-refractivity contribution is 5.89. The van der Waals surface area contributed by atoms with Crippen LogP contribution in [0.25, 0.3) is 44.5 Å². The number of hydrogen-bond acceptors (Lipinski definition) is 9. The van der Waals surface area contributed by atoms with Crippen molar-refractivity contribution >= 4 is 35.0 Å². The molecule has 9 atom stereocenters. The third-order valence-corrected chi connectivity index (χ3v) is 14.6. The maximum absolute atomic E-state index is 14.0. The van der Waals surface area contributed by atoms with Crippen molar-refractivity contribution < 1.29 is 28.7 Å². The molecule has 9 rings (SSSR count). The molecule has 67 heavy (non-hydrogen) atoms. The average Bonchev–Trinajstić information content (AvgIpc) is 4.16. The molecule has 15 nitrogen and oxygen atoms in total. The van der Waals surface area contributed by atoms with Crippen LogP contribution in [-0.2, 0) is 19.1 Å². The van der Waals surface area contributed by atoms with Crippen LogP contribution in [0.3, 0.4) is 0 Å². The molecule has 6 heterocycles. The van der Waals surface area contributed by atoms with Crippen molar-refractivity contribution in [2.45, 2.75) is 110 Å². The predicted octanol–water partition coefficient (Wildman–Crippen LogP) is 8.98. The fraction of sp³-hybridized carbons (Fsp3) is 0.500. The van der Waals surface area contributed by atoms with E-state index in [-0.39, 0.29) is 59.7 Å². The number of piperidine rings is 1. The van der Waals surface area contributed by atoms with Gasteiger partial charge in [0, 0.05) is 25.2 Å².